The summed E-state index contributed by atoms with van der Waals surface area (Å²) in [6.07, 6.45) is 6.07. The van der Waals surface area contributed by atoms with Gasteiger partial charge in [-0.05, 0) is 74.9 Å². The van der Waals surface area contributed by atoms with Gasteiger partial charge in [0.25, 0.3) is 0 Å². The number of fused-ring (bicyclic) bond motifs is 1. The van der Waals surface area contributed by atoms with E-state index in [1.165, 1.54) is 21.8 Å². The monoisotopic (exact) mass is 496 g/mol. The molecule has 0 radical (unpaired) electrons. The number of aryl methyl sites for hydroxylation is 1. The van der Waals surface area contributed by atoms with Gasteiger partial charge in [0, 0.05) is 30.2 Å². The van der Waals surface area contributed by atoms with Gasteiger partial charge in [-0.15, -0.1) is 0 Å². The highest BCUT2D eigenvalue weighted by molar-refractivity contribution is 7.99. The van der Waals surface area contributed by atoms with Crippen LogP contribution in [-0.2, 0) is 27.7 Å². The number of thioether (sulfide) groups is 1. The molecule has 5 rings (SSSR count). The van der Waals surface area contributed by atoms with Crippen LogP contribution in [0.5, 0.6) is 0 Å². The van der Waals surface area contributed by atoms with Crippen molar-refractivity contribution in [3.63, 3.8) is 0 Å². The van der Waals surface area contributed by atoms with Crippen LogP contribution in [0.2, 0.25) is 0 Å². The van der Waals surface area contributed by atoms with Crippen LogP contribution >= 0.6 is 11.8 Å². The summed E-state index contributed by atoms with van der Waals surface area (Å²) in [6, 6.07) is 16.6. The molecule has 1 N–H and O–H groups in total. The minimum absolute atomic E-state index is 0.152. The molecule has 1 fully saturated rings. The third-order valence-electron chi connectivity index (χ3n) is 6.29. The van der Waals surface area contributed by atoms with Crippen LogP contribution in [0.4, 0.5) is 5.69 Å². The number of benzene rings is 2. The first-order valence-corrected chi connectivity index (χ1v) is 14.1. The van der Waals surface area contributed by atoms with E-state index in [9.17, 15) is 13.2 Å². The van der Waals surface area contributed by atoms with E-state index in [1.807, 2.05) is 18.2 Å². The van der Waals surface area contributed by atoms with Gasteiger partial charge in [0.1, 0.15) is 0 Å². The van der Waals surface area contributed by atoms with Gasteiger partial charge in [-0.2, -0.15) is 4.31 Å². The second-order valence-electron chi connectivity index (χ2n) is 8.64. The van der Waals surface area contributed by atoms with Crippen molar-refractivity contribution in [1.29, 1.82) is 0 Å². The molecule has 0 bridgehead atoms. The highest BCUT2D eigenvalue weighted by Gasteiger charge is 2.27. The smallest absolute Gasteiger partial charge is 0.243 e. The summed E-state index contributed by atoms with van der Waals surface area (Å²) in [5.41, 5.74) is 4.02. The first-order chi connectivity index (χ1) is 16.5. The first-order valence-electron chi connectivity index (χ1n) is 11.7. The fraction of sp³-hybridized carbons (Fsp3) is 0.360. The molecule has 0 saturated carbocycles. The number of hydrogen-bond acceptors (Lipinski definition) is 5. The van der Waals surface area contributed by atoms with Gasteiger partial charge in [-0.25, -0.2) is 13.4 Å². The number of imidazole rings is 1. The average Bonchev–Trinajstić information content (AvgIpc) is 3.52. The summed E-state index contributed by atoms with van der Waals surface area (Å²) >= 11 is 1.42. The second kappa shape index (κ2) is 9.93. The molecule has 1 aliphatic heterocycles. The Balaban J connectivity index is 1.26. The van der Waals surface area contributed by atoms with Crippen LogP contribution in [0, 0.1) is 0 Å². The van der Waals surface area contributed by atoms with E-state index in [4.69, 9.17) is 4.98 Å². The maximum atomic E-state index is 12.7. The summed E-state index contributed by atoms with van der Waals surface area (Å²) in [5.74, 6) is 0.0667. The lowest BCUT2D eigenvalue weighted by molar-refractivity contribution is -0.113. The van der Waals surface area contributed by atoms with E-state index in [2.05, 4.69) is 22.0 Å². The summed E-state index contributed by atoms with van der Waals surface area (Å²) in [5, 5.41) is 3.71. The Hall–Kier alpha value is -2.62. The van der Waals surface area contributed by atoms with Crippen LogP contribution in [-0.4, -0.2) is 47.0 Å². The predicted octanol–water partition coefficient (Wildman–Crippen LogP) is 4.27. The highest BCUT2D eigenvalue weighted by atomic mass is 32.2. The van der Waals surface area contributed by atoms with E-state index >= 15 is 0 Å². The van der Waals surface area contributed by atoms with Gasteiger partial charge in [0.15, 0.2) is 5.16 Å². The first kappa shape index (κ1) is 23.1. The molecule has 178 valence electrons. The van der Waals surface area contributed by atoms with Crippen molar-refractivity contribution in [3.05, 3.63) is 66.0 Å². The molecule has 2 aliphatic rings. The number of aromatic nitrogens is 2. The Morgan fingerprint density at radius 3 is 2.38 bits per heavy atom. The average molecular weight is 497 g/mol. The molecule has 0 spiro atoms. The van der Waals surface area contributed by atoms with Gasteiger partial charge in [-0.3, -0.25) is 9.36 Å². The molecule has 3 aromatic rings. The lowest BCUT2D eigenvalue weighted by atomic mass is 10.0. The van der Waals surface area contributed by atoms with Crippen molar-refractivity contribution >= 4 is 33.4 Å². The SMILES string of the molecule is O=C(CSc1nc2c(n1-c1ccccc1)CCCC2)Nc1ccc(S(=O)(=O)N2CCCC2)cc1. The molecular formula is C25H28N4O3S2. The third kappa shape index (κ3) is 4.78. The van der Waals surface area contributed by atoms with E-state index in [1.54, 1.807) is 24.3 Å². The number of nitrogens with one attached hydrogen (secondary N) is 1. The summed E-state index contributed by atoms with van der Waals surface area (Å²) in [7, 11) is -3.46. The second-order valence-corrected chi connectivity index (χ2v) is 11.5. The van der Waals surface area contributed by atoms with Crippen LogP contribution in [0.25, 0.3) is 5.69 Å². The van der Waals surface area contributed by atoms with Gasteiger partial charge in [0.2, 0.25) is 15.9 Å². The van der Waals surface area contributed by atoms with Crippen molar-refractivity contribution in [3.8, 4) is 5.69 Å². The maximum absolute atomic E-state index is 12.7. The van der Waals surface area contributed by atoms with Gasteiger partial charge in [-0.1, -0.05) is 30.0 Å². The molecule has 0 unspecified atom stereocenters. The lowest BCUT2D eigenvalue weighted by Crippen LogP contribution is -2.27. The Kier molecular flexibility index (Phi) is 6.76. The quantitative estimate of drug-likeness (QED) is 0.494. The van der Waals surface area contributed by atoms with Crippen LogP contribution in [0.3, 0.4) is 0 Å². The van der Waals surface area contributed by atoms with Crippen LogP contribution in [0.1, 0.15) is 37.1 Å². The molecule has 34 heavy (non-hydrogen) atoms. The fourth-order valence-corrected chi connectivity index (χ4v) is 6.94. The third-order valence-corrected chi connectivity index (χ3v) is 9.14. The van der Waals surface area contributed by atoms with Gasteiger partial charge < -0.3 is 5.32 Å². The topological polar surface area (TPSA) is 84.3 Å². The number of carbonyl (C=O) groups excluding carboxylic acids is 1. The zero-order chi connectivity index (χ0) is 23.5. The Bertz CT molecular complexity index is 1270. The number of rotatable bonds is 7. The molecule has 2 aromatic carbocycles. The van der Waals surface area contributed by atoms with E-state index in [0.717, 1.165) is 55.1 Å². The number of para-hydroxylation sites is 1. The lowest BCUT2D eigenvalue weighted by Gasteiger charge is -2.16. The maximum Gasteiger partial charge on any atom is 0.243 e. The molecular weight excluding hydrogens is 468 g/mol. The molecule has 1 aromatic heterocycles. The molecule has 7 nitrogen and oxygen atoms in total. The summed E-state index contributed by atoms with van der Waals surface area (Å²) < 4.78 is 29.1. The zero-order valence-electron chi connectivity index (χ0n) is 18.9. The minimum Gasteiger partial charge on any atom is -0.325 e. The molecule has 1 saturated heterocycles. The van der Waals surface area contributed by atoms with Gasteiger partial charge in [0.05, 0.1) is 16.3 Å². The number of nitrogens with zero attached hydrogens (tertiary/aromatic N) is 3. The minimum atomic E-state index is -3.46. The van der Waals surface area contributed by atoms with Crippen LogP contribution in [0.15, 0.2) is 64.6 Å². The zero-order valence-corrected chi connectivity index (χ0v) is 20.6. The van der Waals surface area contributed by atoms with E-state index < -0.39 is 10.0 Å². The van der Waals surface area contributed by atoms with Crippen molar-refractivity contribution < 1.29 is 13.2 Å². The molecule has 0 atom stereocenters. The normalized spacial score (nSPS) is 16.4. The van der Waals surface area contributed by atoms with Gasteiger partial charge >= 0.3 is 0 Å². The number of hydrogen-bond donors (Lipinski definition) is 1. The van der Waals surface area contributed by atoms with Crippen molar-refractivity contribution in [1.82, 2.24) is 13.9 Å². The molecule has 9 heteroatoms. The number of anilines is 1. The summed E-state index contributed by atoms with van der Waals surface area (Å²) in [4.78, 5) is 17.8. The fourth-order valence-electron chi connectivity index (χ4n) is 4.57. The molecule has 1 aliphatic carbocycles. The molecule has 1 amide bonds. The van der Waals surface area contributed by atoms with E-state index in [-0.39, 0.29) is 16.6 Å². The Morgan fingerprint density at radius 2 is 1.65 bits per heavy atom. The molecule has 2 heterocycles. The van der Waals surface area contributed by atoms with Crippen molar-refractivity contribution in [2.45, 2.75) is 48.6 Å². The van der Waals surface area contributed by atoms with Crippen molar-refractivity contribution in [2.75, 3.05) is 24.2 Å². The highest BCUT2D eigenvalue weighted by Crippen LogP contribution is 2.31. The Labute approximate surface area is 204 Å². The standard InChI is InChI=1S/C25H28N4O3S2/c30-24(26-19-12-14-21(15-13-19)34(31,32)28-16-6-7-17-28)18-33-25-27-22-10-4-5-11-23(22)29(25)20-8-2-1-3-9-20/h1-3,8-9,12-15H,4-7,10-11,16-18H2,(H,26,30). The summed E-state index contributed by atoms with van der Waals surface area (Å²) in [6.45, 7) is 1.14. The largest absolute Gasteiger partial charge is 0.325 e. The number of amides is 1. The van der Waals surface area contributed by atoms with Crippen molar-refractivity contribution in [2.24, 2.45) is 0 Å². The number of carbonyl (C=O) groups is 1. The van der Waals surface area contributed by atoms with Crippen LogP contribution < -0.4 is 5.32 Å². The van der Waals surface area contributed by atoms with E-state index in [0.29, 0.717) is 18.8 Å². The Morgan fingerprint density at radius 1 is 0.941 bits per heavy atom. The predicted molar refractivity (Wildman–Crippen MR) is 134 cm³/mol. The number of sulfonamides is 1.